The van der Waals surface area contributed by atoms with Crippen LogP contribution in [0.4, 0.5) is 0 Å². The van der Waals surface area contributed by atoms with Gasteiger partial charge in [0.15, 0.2) is 0 Å². The molecular formula is C13H16O4. The van der Waals surface area contributed by atoms with Gasteiger partial charge in [0, 0.05) is 5.56 Å². The van der Waals surface area contributed by atoms with Gasteiger partial charge in [-0.3, -0.25) is 4.79 Å². The van der Waals surface area contributed by atoms with Crippen molar-refractivity contribution in [1.82, 2.24) is 0 Å². The van der Waals surface area contributed by atoms with Gasteiger partial charge < -0.3 is 14.2 Å². The lowest BCUT2D eigenvalue weighted by molar-refractivity contribution is -0.148. The minimum atomic E-state index is -0.292. The topological polar surface area (TPSA) is 44.8 Å². The minimum absolute atomic E-state index is 0.223. The molecule has 0 amide bonds. The average Bonchev–Trinajstić information content (AvgIpc) is 2.33. The molecular weight excluding hydrogens is 220 g/mol. The van der Waals surface area contributed by atoms with Crippen molar-refractivity contribution in [2.24, 2.45) is 0 Å². The fourth-order valence-electron chi connectivity index (χ4n) is 2.13. The molecule has 4 nitrogen and oxygen atoms in total. The lowest BCUT2D eigenvalue weighted by Crippen LogP contribution is -2.48. The molecule has 1 heterocycles. The monoisotopic (exact) mass is 236 g/mol. The first-order valence-electron chi connectivity index (χ1n) is 5.50. The highest BCUT2D eigenvalue weighted by molar-refractivity contribution is 5.72. The molecule has 0 unspecified atom stereocenters. The normalized spacial score (nSPS) is 17.1. The van der Waals surface area contributed by atoms with Crippen molar-refractivity contribution in [2.45, 2.75) is 11.8 Å². The van der Waals surface area contributed by atoms with Crippen molar-refractivity contribution in [3.05, 3.63) is 29.8 Å². The van der Waals surface area contributed by atoms with E-state index in [0.29, 0.717) is 19.6 Å². The van der Waals surface area contributed by atoms with Crippen molar-refractivity contribution in [3.8, 4) is 5.75 Å². The Morgan fingerprint density at radius 3 is 2.59 bits per heavy atom. The van der Waals surface area contributed by atoms with Crippen molar-refractivity contribution >= 4 is 5.97 Å². The zero-order valence-corrected chi connectivity index (χ0v) is 10.1. The number of benzene rings is 1. The molecule has 0 bridgehead atoms. The molecule has 1 aliphatic rings. The lowest BCUT2D eigenvalue weighted by Gasteiger charge is -2.41. The van der Waals surface area contributed by atoms with Crippen molar-refractivity contribution in [2.75, 3.05) is 27.4 Å². The first kappa shape index (κ1) is 11.9. The molecule has 1 aromatic carbocycles. The summed E-state index contributed by atoms with van der Waals surface area (Å²) in [7, 11) is 3.03. The Bertz CT molecular complexity index is 410. The van der Waals surface area contributed by atoms with Crippen LogP contribution in [0.1, 0.15) is 12.0 Å². The first-order chi connectivity index (χ1) is 8.22. The Hall–Kier alpha value is -1.55. The van der Waals surface area contributed by atoms with Gasteiger partial charge in [0.25, 0.3) is 0 Å². The third-order valence-corrected chi connectivity index (χ3v) is 3.15. The number of hydrogen-bond donors (Lipinski definition) is 0. The van der Waals surface area contributed by atoms with Crippen molar-refractivity contribution < 1.29 is 19.0 Å². The van der Waals surface area contributed by atoms with Gasteiger partial charge in [-0.15, -0.1) is 0 Å². The van der Waals surface area contributed by atoms with Crippen LogP contribution < -0.4 is 4.74 Å². The number of carbonyl (C=O) groups is 1. The van der Waals surface area contributed by atoms with E-state index >= 15 is 0 Å². The fraction of sp³-hybridized carbons (Fsp3) is 0.462. The number of hydrogen-bond acceptors (Lipinski definition) is 4. The van der Waals surface area contributed by atoms with Crippen molar-refractivity contribution in [1.29, 1.82) is 0 Å². The molecule has 2 rings (SSSR count). The van der Waals surface area contributed by atoms with E-state index in [1.807, 2.05) is 24.3 Å². The summed E-state index contributed by atoms with van der Waals surface area (Å²) in [5.41, 5.74) is 0.721. The molecule has 1 fully saturated rings. The Balaban J connectivity index is 2.31. The molecule has 17 heavy (non-hydrogen) atoms. The summed E-state index contributed by atoms with van der Waals surface area (Å²) < 4.78 is 15.4. The molecule has 0 saturated carbocycles. The van der Waals surface area contributed by atoms with E-state index in [2.05, 4.69) is 0 Å². The molecule has 92 valence electrons. The predicted molar refractivity (Wildman–Crippen MR) is 62.1 cm³/mol. The van der Waals surface area contributed by atoms with Crippen LogP contribution in [0.2, 0.25) is 0 Å². The maximum atomic E-state index is 11.5. The highest BCUT2D eigenvalue weighted by atomic mass is 16.5. The number of rotatable bonds is 4. The summed E-state index contributed by atoms with van der Waals surface area (Å²) in [4.78, 5) is 11.5. The molecule has 0 aromatic heterocycles. The number of para-hydroxylation sites is 1. The molecule has 0 aliphatic carbocycles. The van der Waals surface area contributed by atoms with Crippen LogP contribution in [0, 0.1) is 0 Å². The predicted octanol–water partition coefficient (Wildman–Crippen LogP) is 1.53. The van der Waals surface area contributed by atoms with E-state index in [1.165, 1.54) is 7.11 Å². The highest BCUT2D eigenvalue weighted by Gasteiger charge is 2.44. The van der Waals surface area contributed by atoms with Gasteiger partial charge in [0.1, 0.15) is 5.75 Å². The van der Waals surface area contributed by atoms with E-state index in [9.17, 15) is 4.79 Å². The van der Waals surface area contributed by atoms with Gasteiger partial charge in [-0.1, -0.05) is 18.2 Å². The van der Waals surface area contributed by atoms with Gasteiger partial charge >= 0.3 is 5.97 Å². The van der Waals surface area contributed by atoms with Crippen LogP contribution in [0.15, 0.2) is 24.3 Å². The maximum absolute atomic E-state index is 11.5. The lowest BCUT2D eigenvalue weighted by atomic mass is 9.75. The molecule has 1 aliphatic heterocycles. The van der Waals surface area contributed by atoms with Crippen LogP contribution in [0.3, 0.4) is 0 Å². The molecule has 0 spiro atoms. The molecule has 1 aromatic rings. The van der Waals surface area contributed by atoms with Crippen LogP contribution in [0.5, 0.6) is 5.75 Å². The number of carbonyl (C=O) groups excluding carboxylic acids is 1. The second-order valence-electron chi connectivity index (χ2n) is 4.23. The van der Waals surface area contributed by atoms with Gasteiger partial charge in [-0.25, -0.2) is 0 Å². The summed E-state index contributed by atoms with van der Waals surface area (Å²) in [6, 6.07) is 7.72. The van der Waals surface area contributed by atoms with E-state index in [4.69, 9.17) is 14.2 Å². The van der Waals surface area contributed by atoms with Crippen LogP contribution >= 0.6 is 0 Å². The molecule has 0 N–H and O–H groups in total. The van der Waals surface area contributed by atoms with Gasteiger partial charge in [0.05, 0.1) is 39.3 Å². The van der Waals surface area contributed by atoms with Gasteiger partial charge in [-0.2, -0.15) is 0 Å². The molecule has 0 radical (unpaired) electrons. The number of esters is 1. The minimum Gasteiger partial charge on any atom is -0.496 e. The summed E-state index contributed by atoms with van der Waals surface area (Å²) in [6.07, 6.45) is 0.323. The summed E-state index contributed by atoms with van der Waals surface area (Å²) in [6.45, 7) is 1.06. The second-order valence-corrected chi connectivity index (χ2v) is 4.23. The van der Waals surface area contributed by atoms with Crippen LogP contribution in [-0.4, -0.2) is 33.4 Å². The third kappa shape index (κ3) is 2.13. The Kier molecular flexibility index (Phi) is 3.33. The average molecular weight is 236 g/mol. The smallest absolute Gasteiger partial charge is 0.306 e. The van der Waals surface area contributed by atoms with E-state index in [-0.39, 0.29) is 11.4 Å². The highest BCUT2D eigenvalue weighted by Crippen LogP contribution is 2.40. The molecule has 0 atom stereocenters. The Morgan fingerprint density at radius 2 is 2.06 bits per heavy atom. The fourth-order valence-corrected chi connectivity index (χ4v) is 2.13. The van der Waals surface area contributed by atoms with Gasteiger partial charge in [-0.05, 0) is 6.07 Å². The van der Waals surface area contributed by atoms with E-state index in [0.717, 1.165) is 11.3 Å². The quantitative estimate of drug-likeness (QED) is 0.744. The SMILES string of the molecule is COC(=O)CC1(c2ccccc2OC)COC1. The van der Waals surface area contributed by atoms with Crippen molar-refractivity contribution in [3.63, 3.8) is 0 Å². The summed E-state index contributed by atoms with van der Waals surface area (Å²) in [5.74, 6) is 0.568. The Labute approximate surface area is 100 Å². The van der Waals surface area contributed by atoms with E-state index < -0.39 is 0 Å². The third-order valence-electron chi connectivity index (χ3n) is 3.15. The molecule has 4 heteroatoms. The molecule has 1 saturated heterocycles. The van der Waals surface area contributed by atoms with Crippen LogP contribution in [-0.2, 0) is 19.7 Å². The summed E-state index contributed by atoms with van der Waals surface area (Å²) in [5, 5.41) is 0. The largest absolute Gasteiger partial charge is 0.496 e. The summed E-state index contributed by atoms with van der Waals surface area (Å²) >= 11 is 0. The van der Waals surface area contributed by atoms with Crippen LogP contribution in [0.25, 0.3) is 0 Å². The second kappa shape index (κ2) is 4.75. The number of ether oxygens (including phenoxy) is 3. The Morgan fingerprint density at radius 1 is 1.35 bits per heavy atom. The standard InChI is InChI=1S/C13H16O4/c1-15-11-6-4-3-5-10(11)13(8-17-9-13)7-12(14)16-2/h3-6H,7-9H2,1-2H3. The first-order valence-corrected chi connectivity index (χ1v) is 5.50. The number of methoxy groups -OCH3 is 2. The van der Waals surface area contributed by atoms with E-state index in [1.54, 1.807) is 7.11 Å². The zero-order chi connectivity index (χ0) is 12.3. The maximum Gasteiger partial charge on any atom is 0.306 e. The van der Waals surface area contributed by atoms with Gasteiger partial charge in [0.2, 0.25) is 0 Å². The zero-order valence-electron chi connectivity index (χ0n) is 10.1.